The lowest BCUT2D eigenvalue weighted by Crippen LogP contribution is -2.40. The van der Waals surface area contributed by atoms with Crippen molar-refractivity contribution >= 4 is 5.91 Å². The van der Waals surface area contributed by atoms with Crippen LogP contribution in [0.5, 0.6) is 0 Å². The zero-order valence-electron chi connectivity index (χ0n) is 11.7. The lowest BCUT2D eigenvalue weighted by molar-refractivity contribution is -0.130. The van der Waals surface area contributed by atoms with Crippen LogP contribution in [-0.4, -0.2) is 61.5 Å². The first-order valence-corrected chi connectivity index (χ1v) is 7.46. The van der Waals surface area contributed by atoms with Crippen molar-refractivity contribution in [3.05, 3.63) is 0 Å². The molecule has 4 nitrogen and oxygen atoms in total. The second-order valence-electron chi connectivity index (χ2n) is 5.68. The molecule has 0 bridgehead atoms. The Balaban J connectivity index is 1.55. The molecule has 2 rings (SSSR count). The predicted octanol–water partition coefficient (Wildman–Crippen LogP) is 1.07. The van der Waals surface area contributed by atoms with E-state index in [0.717, 1.165) is 32.2 Å². The highest BCUT2D eigenvalue weighted by molar-refractivity contribution is 5.78. The van der Waals surface area contributed by atoms with E-state index in [-0.39, 0.29) is 5.91 Å². The van der Waals surface area contributed by atoms with Crippen molar-refractivity contribution in [2.45, 2.75) is 44.6 Å². The van der Waals surface area contributed by atoms with Crippen LogP contribution >= 0.6 is 0 Å². The van der Waals surface area contributed by atoms with Crippen LogP contribution in [0.2, 0.25) is 0 Å². The average molecular weight is 253 g/mol. The second kappa shape index (κ2) is 7.10. The van der Waals surface area contributed by atoms with E-state index in [1.54, 1.807) is 0 Å². The van der Waals surface area contributed by atoms with Crippen LogP contribution in [0.25, 0.3) is 0 Å². The Morgan fingerprint density at radius 2 is 1.89 bits per heavy atom. The standard InChI is InChI=1S/C14H27N3O/c1-16(13-6-7-13)11-8-15-12-14(18)17-9-4-2-3-5-10-17/h13,15H,2-12H2,1H3. The van der Waals surface area contributed by atoms with Gasteiger partial charge in [0.2, 0.25) is 5.91 Å². The first-order chi connectivity index (χ1) is 8.77. The molecule has 2 aliphatic rings. The number of nitrogens with zero attached hydrogens (tertiary/aromatic N) is 2. The molecule has 104 valence electrons. The van der Waals surface area contributed by atoms with Crippen molar-refractivity contribution in [1.82, 2.24) is 15.1 Å². The lowest BCUT2D eigenvalue weighted by atomic mass is 10.2. The fraction of sp³-hybridized carbons (Fsp3) is 0.929. The number of likely N-dealkylation sites (N-methyl/N-ethyl adjacent to an activating group) is 1. The number of carbonyl (C=O) groups excluding carboxylic acids is 1. The fourth-order valence-electron chi connectivity index (χ4n) is 2.58. The van der Waals surface area contributed by atoms with Gasteiger partial charge in [0.05, 0.1) is 6.54 Å². The van der Waals surface area contributed by atoms with Crippen molar-refractivity contribution in [3.63, 3.8) is 0 Å². The minimum absolute atomic E-state index is 0.283. The molecule has 1 aliphatic carbocycles. The third kappa shape index (κ3) is 4.58. The van der Waals surface area contributed by atoms with Gasteiger partial charge < -0.3 is 15.1 Å². The van der Waals surface area contributed by atoms with E-state index in [2.05, 4.69) is 17.3 Å². The number of rotatable bonds is 6. The molecule has 1 saturated heterocycles. The molecule has 1 N–H and O–H groups in total. The summed E-state index contributed by atoms with van der Waals surface area (Å²) in [6.45, 7) is 4.41. The summed E-state index contributed by atoms with van der Waals surface area (Å²) in [5.74, 6) is 0.283. The summed E-state index contributed by atoms with van der Waals surface area (Å²) in [5, 5.41) is 3.28. The smallest absolute Gasteiger partial charge is 0.236 e. The molecule has 0 radical (unpaired) electrons. The summed E-state index contributed by atoms with van der Waals surface area (Å²) >= 11 is 0. The van der Waals surface area contributed by atoms with Crippen molar-refractivity contribution in [2.75, 3.05) is 39.8 Å². The van der Waals surface area contributed by atoms with Crippen LogP contribution in [0, 0.1) is 0 Å². The zero-order valence-corrected chi connectivity index (χ0v) is 11.7. The minimum atomic E-state index is 0.283. The maximum absolute atomic E-state index is 12.0. The summed E-state index contributed by atoms with van der Waals surface area (Å²) in [5.41, 5.74) is 0. The molecule has 1 aliphatic heterocycles. The van der Waals surface area contributed by atoms with Crippen molar-refractivity contribution < 1.29 is 4.79 Å². The number of carbonyl (C=O) groups is 1. The first kappa shape index (κ1) is 13.8. The molecular formula is C14H27N3O. The highest BCUT2D eigenvalue weighted by Gasteiger charge is 2.25. The van der Waals surface area contributed by atoms with E-state index in [4.69, 9.17) is 0 Å². The predicted molar refractivity (Wildman–Crippen MR) is 73.6 cm³/mol. The SMILES string of the molecule is CN(CCNCC(=O)N1CCCCCC1)C1CC1. The zero-order chi connectivity index (χ0) is 12.8. The lowest BCUT2D eigenvalue weighted by Gasteiger charge is -2.21. The fourth-order valence-corrected chi connectivity index (χ4v) is 2.58. The van der Waals surface area contributed by atoms with Crippen LogP contribution in [0.4, 0.5) is 0 Å². The Hall–Kier alpha value is -0.610. The maximum atomic E-state index is 12.0. The molecule has 0 aromatic heterocycles. The summed E-state index contributed by atoms with van der Waals surface area (Å²) in [7, 11) is 2.18. The maximum Gasteiger partial charge on any atom is 0.236 e. The largest absolute Gasteiger partial charge is 0.342 e. The third-order valence-corrected chi connectivity index (χ3v) is 4.05. The van der Waals surface area contributed by atoms with Gasteiger partial charge in [-0.1, -0.05) is 12.8 Å². The summed E-state index contributed by atoms with van der Waals surface area (Å²) < 4.78 is 0. The van der Waals surface area contributed by atoms with Gasteiger partial charge in [-0.05, 0) is 32.7 Å². The summed E-state index contributed by atoms with van der Waals surface area (Å²) in [6.07, 6.45) is 7.62. The van der Waals surface area contributed by atoms with Gasteiger partial charge in [-0.3, -0.25) is 4.79 Å². The van der Waals surface area contributed by atoms with E-state index < -0.39 is 0 Å². The van der Waals surface area contributed by atoms with E-state index in [9.17, 15) is 4.79 Å². The Kier molecular flexibility index (Phi) is 5.45. The highest BCUT2D eigenvalue weighted by Crippen LogP contribution is 2.24. The Morgan fingerprint density at radius 3 is 2.50 bits per heavy atom. The summed E-state index contributed by atoms with van der Waals surface area (Å²) in [4.78, 5) is 16.4. The molecule has 1 heterocycles. The van der Waals surface area contributed by atoms with Gasteiger partial charge in [-0.2, -0.15) is 0 Å². The van der Waals surface area contributed by atoms with E-state index in [0.29, 0.717) is 6.54 Å². The summed E-state index contributed by atoms with van der Waals surface area (Å²) in [6, 6.07) is 0.813. The average Bonchev–Trinajstić information content (AvgIpc) is 3.19. The number of likely N-dealkylation sites (tertiary alicyclic amines) is 1. The number of hydrogen-bond acceptors (Lipinski definition) is 3. The van der Waals surface area contributed by atoms with Crippen molar-refractivity contribution in [1.29, 1.82) is 0 Å². The molecule has 2 fully saturated rings. The molecule has 0 aromatic carbocycles. The molecule has 0 aromatic rings. The first-order valence-electron chi connectivity index (χ1n) is 7.46. The van der Waals surface area contributed by atoms with Gasteiger partial charge in [-0.25, -0.2) is 0 Å². The van der Waals surface area contributed by atoms with Crippen LogP contribution in [0.15, 0.2) is 0 Å². The van der Waals surface area contributed by atoms with E-state index >= 15 is 0 Å². The Bertz CT molecular complexity index is 258. The minimum Gasteiger partial charge on any atom is -0.342 e. The third-order valence-electron chi connectivity index (χ3n) is 4.05. The molecule has 0 unspecified atom stereocenters. The Morgan fingerprint density at radius 1 is 1.22 bits per heavy atom. The van der Waals surface area contributed by atoms with Crippen LogP contribution in [0.1, 0.15) is 38.5 Å². The van der Waals surface area contributed by atoms with Crippen LogP contribution < -0.4 is 5.32 Å². The van der Waals surface area contributed by atoms with Crippen molar-refractivity contribution in [2.24, 2.45) is 0 Å². The molecule has 4 heteroatoms. The van der Waals surface area contributed by atoms with Gasteiger partial charge in [0.15, 0.2) is 0 Å². The van der Waals surface area contributed by atoms with Gasteiger partial charge in [0, 0.05) is 32.2 Å². The molecule has 18 heavy (non-hydrogen) atoms. The highest BCUT2D eigenvalue weighted by atomic mass is 16.2. The second-order valence-corrected chi connectivity index (χ2v) is 5.68. The topological polar surface area (TPSA) is 35.6 Å². The molecule has 0 atom stereocenters. The Labute approximate surface area is 111 Å². The van der Waals surface area contributed by atoms with Gasteiger partial charge in [-0.15, -0.1) is 0 Å². The van der Waals surface area contributed by atoms with Gasteiger partial charge in [0.25, 0.3) is 0 Å². The van der Waals surface area contributed by atoms with E-state index in [1.807, 2.05) is 4.90 Å². The molecule has 0 spiro atoms. The van der Waals surface area contributed by atoms with Gasteiger partial charge >= 0.3 is 0 Å². The van der Waals surface area contributed by atoms with Crippen molar-refractivity contribution in [3.8, 4) is 0 Å². The van der Waals surface area contributed by atoms with Crippen LogP contribution in [-0.2, 0) is 4.79 Å². The molecule has 1 saturated carbocycles. The van der Waals surface area contributed by atoms with E-state index in [1.165, 1.54) is 38.5 Å². The molecular weight excluding hydrogens is 226 g/mol. The van der Waals surface area contributed by atoms with Crippen LogP contribution in [0.3, 0.4) is 0 Å². The monoisotopic (exact) mass is 253 g/mol. The number of amides is 1. The number of nitrogens with one attached hydrogen (secondary N) is 1. The quantitative estimate of drug-likeness (QED) is 0.719. The number of hydrogen-bond donors (Lipinski definition) is 1. The normalized spacial score (nSPS) is 21.1. The van der Waals surface area contributed by atoms with Gasteiger partial charge in [0.1, 0.15) is 0 Å². The molecule has 1 amide bonds.